The molecule has 0 unspecified atom stereocenters. The number of carbonyl (C=O) groups excluding carboxylic acids is 1. The van der Waals surface area contributed by atoms with Gasteiger partial charge in [-0.25, -0.2) is 8.42 Å². The molecule has 2 atom stereocenters. The number of aliphatic hydroxyl groups is 1. The van der Waals surface area contributed by atoms with Gasteiger partial charge in [-0.3, -0.25) is 4.79 Å². The van der Waals surface area contributed by atoms with Crippen molar-refractivity contribution in [1.29, 1.82) is 0 Å². The van der Waals surface area contributed by atoms with Crippen LogP contribution in [-0.4, -0.2) is 52.6 Å². The monoisotopic (exact) mass is 463 g/mol. The Morgan fingerprint density at radius 3 is 2.84 bits per heavy atom. The second-order valence-electron chi connectivity index (χ2n) is 7.36. The highest BCUT2D eigenvalue weighted by Gasteiger charge is 2.44. The van der Waals surface area contributed by atoms with E-state index >= 15 is 0 Å². The van der Waals surface area contributed by atoms with Crippen molar-refractivity contribution in [2.75, 3.05) is 6.54 Å². The molecule has 9 nitrogen and oxygen atoms in total. The maximum Gasteiger partial charge on any atom is 0.325 e. The minimum absolute atomic E-state index is 0.0487. The second kappa shape index (κ2) is 8.50. The predicted octanol–water partition coefficient (Wildman–Crippen LogP) is 2.28. The number of aryl methyl sites for hydroxylation is 2. The summed E-state index contributed by atoms with van der Waals surface area (Å²) in [5.41, 5.74) is 2.56. The van der Waals surface area contributed by atoms with Crippen LogP contribution in [-0.2, 0) is 26.2 Å². The molecule has 1 aliphatic rings. The van der Waals surface area contributed by atoms with Gasteiger partial charge in [0, 0.05) is 23.9 Å². The predicted molar refractivity (Wildman–Crippen MR) is 112 cm³/mol. The summed E-state index contributed by atoms with van der Waals surface area (Å²) < 4.78 is 37.6. The molecule has 3 heterocycles. The van der Waals surface area contributed by atoms with E-state index in [1.807, 2.05) is 30.7 Å². The largest absolute Gasteiger partial charge is 0.454 e. The molecule has 4 rings (SSSR count). The summed E-state index contributed by atoms with van der Waals surface area (Å²) in [7, 11) is -3.99. The van der Waals surface area contributed by atoms with Crippen molar-refractivity contribution in [3.05, 3.63) is 52.0 Å². The maximum absolute atomic E-state index is 13.1. The lowest BCUT2D eigenvalue weighted by Crippen LogP contribution is -2.41. The topological polar surface area (TPSA) is 123 Å². The summed E-state index contributed by atoms with van der Waals surface area (Å²) in [6, 6.07) is 5.46. The number of thiophene rings is 1. The third kappa shape index (κ3) is 4.40. The van der Waals surface area contributed by atoms with Crippen molar-refractivity contribution < 1.29 is 27.6 Å². The van der Waals surface area contributed by atoms with Crippen molar-refractivity contribution in [1.82, 2.24) is 14.4 Å². The number of rotatable bonds is 6. The molecular weight excluding hydrogens is 442 g/mol. The summed E-state index contributed by atoms with van der Waals surface area (Å²) in [6.45, 7) is 3.22. The molecule has 2 aromatic heterocycles. The molecule has 0 radical (unpaired) electrons. The quantitative estimate of drug-likeness (QED) is 0.553. The van der Waals surface area contributed by atoms with Gasteiger partial charge in [0.15, 0.2) is 6.61 Å². The Bertz CT molecular complexity index is 1190. The van der Waals surface area contributed by atoms with Crippen molar-refractivity contribution in [3.63, 3.8) is 0 Å². The van der Waals surface area contributed by atoms with Crippen LogP contribution in [0.4, 0.5) is 0 Å². The minimum Gasteiger partial charge on any atom is -0.454 e. The van der Waals surface area contributed by atoms with E-state index < -0.39 is 28.1 Å². The number of hydrogen-bond acceptors (Lipinski definition) is 9. The van der Waals surface area contributed by atoms with Gasteiger partial charge in [0.25, 0.3) is 5.89 Å². The molecule has 0 saturated carbocycles. The molecule has 1 saturated heterocycles. The van der Waals surface area contributed by atoms with Crippen LogP contribution in [0.15, 0.2) is 44.4 Å². The molecule has 1 N–H and O–H groups in total. The molecule has 11 heteroatoms. The zero-order chi connectivity index (χ0) is 22.2. The van der Waals surface area contributed by atoms with E-state index in [4.69, 9.17) is 9.26 Å². The summed E-state index contributed by atoms with van der Waals surface area (Å²) >= 11 is 1.49. The van der Waals surface area contributed by atoms with Crippen LogP contribution < -0.4 is 0 Å². The number of esters is 1. The fourth-order valence-corrected chi connectivity index (χ4v) is 5.67. The number of carbonyl (C=O) groups is 1. The van der Waals surface area contributed by atoms with Crippen molar-refractivity contribution >= 4 is 27.3 Å². The SMILES string of the molecule is Cc1ccc(S(=O)(=O)N2C[C@H](O)C[C@@H]2C(=O)OCc2nc(-c3ccsc3)no2)cc1C. The van der Waals surface area contributed by atoms with Crippen LogP contribution in [0.3, 0.4) is 0 Å². The summed E-state index contributed by atoms with van der Waals surface area (Å²) in [5, 5.41) is 17.6. The Kier molecular flexibility index (Phi) is 5.93. The van der Waals surface area contributed by atoms with E-state index in [0.717, 1.165) is 21.0 Å². The van der Waals surface area contributed by atoms with Crippen LogP contribution in [0.2, 0.25) is 0 Å². The van der Waals surface area contributed by atoms with Gasteiger partial charge in [0.05, 0.1) is 11.0 Å². The smallest absolute Gasteiger partial charge is 0.325 e. The third-order valence-electron chi connectivity index (χ3n) is 5.18. The summed E-state index contributed by atoms with van der Waals surface area (Å²) in [4.78, 5) is 16.9. The first-order valence-corrected chi connectivity index (χ1v) is 11.9. The highest BCUT2D eigenvalue weighted by Crippen LogP contribution is 2.28. The average Bonchev–Trinajstić information content (AvgIpc) is 3.48. The summed E-state index contributed by atoms with van der Waals surface area (Å²) in [6.07, 6.45) is -1.01. The normalized spacial score (nSPS) is 19.6. The third-order valence-corrected chi connectivity index (χ3v) is 7.73. The van der Waals surface area contributed by atoms with Crippen molar-refractivity contribution in [3.8, 4) is 11.4 Å². The van der Waals surface area contributed by atoms with Crippen molar-refractivity contribution in [2.24, 2.45) is 0 Å². The van der Waals surface area contributed by atoms with E-state index in [-0.39, 0.29) is 30.4 Å². The van der Waals surface area contributed by atoms with E-state index in [1.54, 1.807) is 12.1 Å². The molecule has 1 aliphatic heterocycles. The number of benzene rings is 1. The molecular formula is C20H21N3O6S2. The molecule has 1 fully saturated rings. The molecule has 0 bridgehead atoms. The number of aromatic nitrogens is 2. The molecule has 0 amide bonds. The Balaban J connectivity index is 1.48. The van der Waals surface area contributed by atoms with Crippen LogP contribution in [0.25, 0.3) is 11.4 Å². The van der Waals surface area contributed by atoms with E-state index in [1.165, 1.54) is 17.4 Å². The van der Waals surface area contributed by atoms with Gasteiger partial charge in [-0.15, -0.1) is 0 Å². The number of nitrogens with zero attached hydrogens (tertiary/aromatic N) is 3. The number of hydrogen-bond donors (Lipinski definition) is 1. The van der Waals surface area contributed by atoms with E-state index in [2.05, 4.69) is 10.1 Å². The van der Waals surface area contributed by atoms with Crippen LogP contribution >= 0.6 is 11.3 Å². The Morgan fingerprint density at radius 1 is 1.32 bits per heavy atom. The Hall–Kier alpha value is -2.60. The van der Waals surface area contributed by atoms with E-state index in [0.29, 0.717) is 5.82 Å². The fourth-order valence-electron chi connectivity index (χ4n) is 3.33. The zero-order valence-electron chi connectivity index (χ0n) is 16.9. The average molecular weight is 464 g/mol. The Morgan fingerprint density at radius 2 is 2.13 bits per heavy atom. The second-order valence-corrected chi connectivity index (χ2v) is 10.0. The first kappa shape index (κ1) is 21.6. The summed E-state index contributed by atoms with van der Waals surface area (Å²) in [5.74, 6) is -0.307. The van der Waals surface area contributed by atoms with Gasteiger partial charge in [-0.05, 0) is 48.6 Å². The number of aliphatic hydroxyl groups excluding tert-OH is 1. The minimum atomic E-state index is -3.99. The van der Waals surface area contributed by atoms with Gasteiger partial charge in [-0.1, -0.05) is 11.2 Å². The van der Waals surface area contributed by atoms with Gasteiger partial charge in [-0.2, -0.15) is 20.6 Å². The van der Waals surface area contributed by atoms with Crippen LogP contribution in [0, 0.1) is 13.8 Å². The zero-order valence-corrected chi connectivity index (χ0v) is 18.5. The van der Waals surface area contributed by atoms with Gasteiger partial charge >= 0.3 is 5.97 Å². The molecule has 0 spiro atoms. The first-order chi connectivity index (χ1) is 14.8. The molecule has 31 heavy (non-hydrogen) atoms. The maximum atomic E-state index is 13.1. The Labute approximate surface area is 183 Å². The van der Waals surface area contributed by atoms with E-state index in [9.17, 15) is 18.3 Å². The lowest BCUT2D eigenvalue weighted by atomic mass is 10.1. The van der Waals surface area contributed by atoms with Gasteiger partial charge in [0.1, 0.15) is 6.04 Å². The highest BCUT2D eigenvalue weighted by atomic mass is 32.2. The number of sulfonamides is 1. The number of β-amino-alcohol motifs (C(OH)–C–C–N with tert-alkyl or cyclic N) is 1. The lowest BCUT2D eigenvalue weighted by Gasteiger charge is -2.22. The lowest BCUT2D eigenvalue weighted by molar-refractivity contribution is -0.149. The van der Waals surface area contributed by atoms with Gasteiger partial charge in [0.2, 0.25) is 15.8 Å². The molecule has 3 aromatic rings. The van der Waals surface area contributed by atoms with Crippen molar-refractivity contribution in [2.45, 2.75) is 43.9 Å². The van der Waals surface area contributed by atoms with Crippen LogP contribution in [0.5, 0.6) is 0 Å². The highest BCUT2D eigenvalue weighted by molar-refractivity contribution is 7.89. The van der Waals surface area contributed by atoms with Gasteiger partial charge < -0.3 is 14.4 Å². The fraction of sp³-hybridized carbons (Fsp3) is 0.350. The number of ether oxygens (including phenoxy) is 1. The molecule has 1 aromatic carbocycles. The standard InChI is InChI=1S/C20H21N3O6S2/c1-12-3-4-16(7-13(12)2)31(26,27)23-9-15(24)8-17(23)20(25)28-10-18-21-19(22-29-18)14-5-6-30-11-14/h3-7,11,15,17,24H,8-10H2,1-2H3/t15-,17-/m1/s1. The molecule has 164 valence electrons. The van der Waals surface area contributed by atoms with Crippen LogP contribution in [0.1, 0.15) is 23.4 Å². The first-order valence-electron chi connectivity index (χ1n) is 9.54. The molecule has 0 aliphatic carbocycles.